The predicted octanol–water partition coefficient (Wildman–Crippen LogP) is 0.278. The van der Waals surface area contributed by atoms with Crippen molar-refractivity contribution in [3.05, 3.63) is 0 Å². The molecular formula is C5H9O3S. The number of rotatable bonds is 3. The van der Waals surface area contributed by atoms with Gasteiger partial charge in [0, 0.05) is 5.75 Å². The molecule has 0 aliphatic rings. The topological polar surface area (TPSA) is 46.2 Å². The lowest BCUT2D eigenvalue weighted by molar-refractivity contribution is -0.154. The van der Waals surface area contributed by atoms with E-state index in [0.29, 0.717) is 0 Å². The lowest BCUT2D eigenvalue weighted by Crippen LogP contribution is -2.22. The van der Waals surface area contributed by atoms with Gasteiger partial charge < -0.3 is 4.74 Å². The SMILES string of the molecule is CCOC(=O)C([O])CS. The molecular weight excluding hydrogens is 140 g/mol. The van der Waals surface area contributed by atoms with Crippen LogP contribution in [0.3, 0.4) is 0 Å². The fourth-order valence-electron chi connectivity index (χ4n) is 0.310. The third kappa shape index (κ3) is 3.37. The van der Waals surface area contributed by atoms with Crippen LogP contribution in [0.1, 0.15) is 6.92 Å². The van der Waals surface area contributed by atoms with Crippen molar-refractivity contribution in [1.29, 1.82) is 0 Å². The summed E-state index contributed by atoms with van der Waals surface area (Å²) in [5.74, 6) is -0.716. The van der Waals surface area contributed by atoms with E-state index in [1.807, 2.05) is 0 Å². The molecule has 3 nitrogen and oxygen atoms in total. The molecule has 0 spiro atoms. The van der Waals surface area contributed by atoms with Crippen molar-refractivity contribution in [1.82, 2.24) is 0 Å². The third-order valence-electron chi connectivity index (χ3n) is 0.715. The molecule has 0 rings (SSSR count). The smallest absolute Gasteiger partial charge is 0.339 e. The number of carbonyl (C=O) groups is 1. The number of hydrogen-bond acceptors (Lipinski definition) is 3. The van der Waals surface area contributed by atoms with Gasteiger partial charge in [0.1, 0.15) is 0 Å². The second-order valence-electron chi connectivity index (χ2n) is 1.42. The van der Waals surface area contributed by atoms with E-state index < -0.39 is 12.1 Å². The van der Waals surface area contributed by atoms with E-state index in [2.05, 4.69) is 17.4 Å². The van der Waals surface area contributed by atoms with Gasteiger partial charge >= 0.3 is 5.97 Å². The molecule has 0 amide bonds. The molecule has 0 heterocycles. The Morgan fingerprint density at radius 2 is 2.33 bits per heavy atom. The highest BCUT2D eigenvalue weighted by molar-refractivity contribution is 7.80. The van der Waals surface area contributed by atoms with Gasteiger partial charge in [0.25, 0.3) is 0 Å². The van der Waals surface area contributed by atoms with Crippen LogP contribution in [0.15, 0.2) is 0 Å². The molecule has 0 aromatic heterocycles. The van der Waals surface area contributed by atoms with Crippen LogP contribution in [0.5, 0.6) is 0 Å². The van der Waals surface area contributed by atoms with Crippen molar-refractivity contribution >= 4 is 18.6 Å². The Bertz CT molecular complexity index is 94.2. The molecule has 0 aliphatic carbocycles. The van der Waals surface area contributed by atoms with Crippen LogP contribution < -0.4 is 0 Å². The van der Waals surface area contributed by atoms with Gasteiger partial charge in [-0.15, -0.1) is 0 Å². The molecule has 0 N–H and O–H groups in total. The zero-order valence-electron chi connectivity index (χ0n) is 5.16. The van der Waals surface area contributed by atoms with Gasteiger partial charge in [-0.3, -0.25) is 0 Å². The van der Waals surface area contributed by atoms with Crippen LogP contribution in [0.2, 0.25) is 0 Å². The first-order valence-corrected chi connectivity index (χ1v) is 3.29. The maximum atomic E-state index is 10.4. The number of esters is 1. The van der Waals surface area contributed by atoms with Crippen LogP contribution in [-0.4, -0.2) is 24.4 Å². The Morgan fingerprint density at radius 3 is 2.67 bits per heavy atom. The summed E-state index contributed by atoms with van der Waals surface area (Å²) < 4.78 is 4.39. The quantitative estimate of drug-likeness (QED) is 0.462. The Balaban J connectivity index is 3.46. The summed E-state index contributed by atoms with van der Waals surface area (Å²) in [5.41, 5.74) is 0. The van der Waals surface area contributed by atoms with Gasteiger partial charge in [-0.2, -0.15) is 12.6 Å². The van der Waals surface area contributed by atoms with Crippen molar-refractivity contribution in [2.45, 2.75) is 13.0 Å². The standard InChI is InChI=1S/C5H9O3S/c1-2-8-5(7)4(6)3-9/h4,9H,2-3H2,1H3. The minimum absolute atomic E-state index is 0.00116. The lowest BCUT2D eigenvalue weighted by atomic mass is 10.4. The minimum Gasteiger partial charge on any atom is -0.464 e. The summed E-state index contributed by atoms with van der Waals surface area (Å²) in [4.78, 5) is 10.4. The average molecular weight is 149 g/mol. The van der Waals surface area contributed by atoms with Crippen molar-refractivity contribution in [3.8, 4) is 0 Å². The molecule has 0 aromatic carbocycles. The molecule has 0 bridgehead atoms. The first-order chi connectivity index (χ1) is 4.22. The molecule has 1 radical (unpaired) electrons. The fraction of sp³-hybridized carbons (Fsp3) is 0.800. The average Bonchev–Trinajstić information content (AvgIpc) is 1.87. The second kappa shape index (κ2) is 4.64. The van der Waals surface area contributed by atoms with E-state index in [0.717, 1.165) is 0 Å². The summed E-state index contributed by atoms with van der Waals surface area (Å²) in [6.45, 7) is 1.91. The maximum Gasteiger partial charge on any atom is 0.339 e. The molecule has 1 atom stereocenters. The van der Waals surface area contributed by atoms with Crippen LogP contribution in [-0.2, 0) is 14.6 Å². The summed E-state index contributed by atoms with van der Waals surface area (Å²) in [6.07, 6.45) is -1.33. The van der Waals surface area contributed by atoms with E-state index in [4.69, 9.17) is 0 Å². The Hall–Kier alpha value is -0.220. The first kappa shape index (κ1) is 8.78. The summed E-state index contributed by atoms with van der Waals surface area (Å²) in [5, 5.41) is 10.4. The van der Waals surface area contributed by atoms with Gasteiger partial charge in [-0.1, -0.05) is 0 Å². The van der Waals surface area contributed by atoms with Gasteiger partial charge in [0.2, 0.25) is 0 Å². The number of carbonyl (C=O) groups excluding carboxylic acids is 1. The van der Waals surface area contributed by atoms with Gasteiger partial charge in [-0.25, -0.2) is 9.90 Å². The zero-order valence-corrected chi connectivity index (χ0v) is 6.06. The molecule has 9 heavy (non-hydrogen) atoms. The Morgan fingerprint density at radius 1 is 1.78 bits per heavy atom. The van der Waals surface area contributed by atoms with Crippen LogP contribution in [0, 0.1) is 0 Å². The van der Waals surface area contributed by atoms with E-state index in [1.54, 1.807) is 6.92 Å². The van der Waals surface area contributed by atoms with Crippen molar-refractivity contribution in [2.75, 3.05) is 12.4 Å². The van der Waals surface area contributed by atoms with Gasteiger partial charge in [-0.05, 0) is 6.92 Å². The summed E-state index contributed by atoms with van der Waals surface area (Å²) in [7, 11) is 0. The molecule has 0 fully saturated rings. The summed E-state index contributed by atoms with van der Waals surface area (Å²) in [6, 6.07) is 0. The monoisotopic (exact) mass is 149 g/mol. The molecule has 0 aliphatic heterocycles. The zero-order chi connectivity index (χ0) is 7.28. The molecule has 53 valence electrons. The van der Waals surface area contributed by atoms with Crippen molar-refractivity contribution < 1.29 is 14.6 Å². The largest absolute Gasteiger partial charge is 0.464 e. The van der Waals surface area contributed by atoms with Crippen LogP contribution >= 0.6 is 12.6 Å². The third-order valence-corrected chi connectivity index (χ3v) is 1.05. The van der Waals surface area contributed by atoms with E-state index in [9.17, 15) is 9.90 Å². The highest BCUT2D eigenvalue weighted by atomic mass is 32.1. The number of ether oxygens (including phenoxy) is 1. The fourth-order valence-corrected chi connectivity index (χ4v) is 0.459. The van der Waals surface area contributed by atoms with E-state index in [-0.39, 0.29) is 12.4 Å². The summed E-state index contributed by atoms with van der Waals surface area (Å²) >= 11 is 3.63. The minimum atomic E-state index is -1.33. The van der Waals surface area contributed by atoms with Gasteiger partial charge in [0.05, 0.1) is 6.61 Å². The molecule has 4 heteroatoms. The van der Waals surface area contributed by atoms with Crippen LogP contribution in [0.25, 0.3) is 0 Å². The normalized spacial score (nSPS) is 12.8. The predicted molar refractivity (Wildman–Crippen MR) is 35.0 cm³/mol. The van der Waals surface area contributed by atoms with Crippen molar-refractivity contribution in [3.63, 3.8) is 0 Å². The Labute approximate surface area is 59.4 Å². The number of thiol groups is 1. The highest BCUT2D eigenvalue weighted by Gasteiger charge is 2.14. The second-order valence-corrected chi connectivity index (χ2v) is 1.79. The molecule has 1 unspecified atom stereocenters. The number of hydrogen-bond donors (Lipinski definition) is 1. The molecule has 0 saturated heterocycles. The van der Waals surface area contributed by atoms with E-state index >= 15 is 0 Å². The Kier molecular flexibility index (Phi) is 4.53. The maximum absolute atomic E-state index is 10.4. The molecule has 0 aromatic rings. The lowest BCUT2D eigenvalue weighted by Gasteiger charge is -2.02. The first-order valence-electron chi connectivity index (χ1n) is 2.65. The van der Waals surface area contributed by atoms with Crippen molar-refractivity contribution in [2.24, 2.45) is 0 Å². The van der Waals surface area contributed by atoms with Gasteiger partial charge in [0.15, 0.2) is 6.10 Å². The highest BCUT2D eigenvalue weighted by Crippen LogP contribution is 1.91. The van der Waals surface area contributed by atoms with E-state index in [1.165, 1.54) is 0 Å². The van der Waals surface area contributed by atoms with Crippen LogP contribution in [0.4, 0.5) is 0 Å². The molecule has 0 saturated carbocycles.